The van der Waals surface area contributed by atoms with E-state index in [4.69, 9.17) is 9.15 Å². The molecule has 0 aliphatic carbocycles. The van der Waals surface area contributed by atoms with Crippen LogP contribution in [0.25, 0.3) is 21.5 Å². The minimum Gasteiger partial charge on any atom is -0.454 e. The van der Waals surface area contributed by atoms with Gasteiger partial charge in [-0.2, -0.15) is 0 Å². The van der Waals surface area contributed by atoms with Crippen LogP contribution in [0, 0.1) is 6.92 Å². The number of rotatable bonds is 4. The zero-order valence-electron chi connectivity index (χ0n) is 13.4. The largest absolute Gasteiger partial charge is 0.454 e. The van der Waals surface area contributed by atoms with Crippen LogP contribution in [0.15, 0.2) is 58.5 Å². The quantitative estimate of drug-likeness (QED) is 0.503. The number of hydrogen-bond acceptors (Lipinski definition) is 6. The fourth-order valence-corrected chi connectivity index (χ4v) is 3.27. The number of aryl methyl sites for hydroxylation is 1. The summed E-state index contributed by atoms with van der Waals surface area (Å²) in [4.78, 5) is 22.3. The van der Waals surface area contributed by atoms with Crippen LogP contribution in [0.2, 0.25) is 0 Å². The molecule has 0 atom stereocenters. The summed E-state index contributed by atoms with van der Waals surface area (Å²) in [6.45, 7) is 1.79. The summed E-state index contributed by atoms with van der Waals surface area (Å²) < 4.78 is 10.8. The molecule has 25 heavy (non-hydrogen) atoms. The van der Waals surface area contributed by atoms with Gasteiger partial charge in [0.05, 0.1) is 27.8 Å². The second-order valence-corrected chi connectivity index (χ2v) is 6.42. The first kappa shape index (κ1) is 15.5. The van der Waals surface area contributed by atoms with E-state index in [9.17, 15) is 4.79 Å². The molecule has 0 spiro atoms. The smallest absolute Gasteiger partial charge is 0.339 e. The second-order valence-electron chi connectivity index (χ2n) is 5.47. The average Bonchev–Trinajstić information content (AvgIpc) is 3.30. The van der Waals surface area contributed by atoms with Crippen molar-refractivity contribution in [3.63, 3.8) is 0 Å². The Morgan fingerprint density at radius 3 is 2.88 bits per heavy atom. The molecule has 0 saturated heterocycles. The maximum atomic E-state index is 12.7. The molecular formula is C19H14N2O3S. The van der Waals surface area contributed by atoms with Gasteiger partial charge in [0.15, 0.2) is 18.3 Å². The van der Waals surface area contributed by atoms with Gasteiger partial charge >= 0.3 is 5.97 Å². The number of esters is 1. The van der Waals surface area contributed by atoms with Crippen molar-refractivity contribution in [1.82, 2.24) is 9.97 Å². The van der Waals surface area contributed by atoms with Gasteiger partial charge in [-0.25, -0.2) is 14.8 Å². The molecule has 1 aromatic carbocycles. The Balaban J connectivity index is 1.70. The van der Waals surface area contributed by atoms with Crippen molar-refractivity contribution < 1.29 is 13.9 Å². The standard InChI is InChI=1S/C19H14N2O3S/c1-12-20-10-13(24-12)11-23-19(22)15-9-17(18-7-4-8-25-18)21-16-6-3-2-5-14(15)16/h2-10H,11H2,1H3. The van der Waals surface area contributed by atoms with Gasteiger partial charge < -0.3 is 9.15 Å². The molecule has 0 fully saturated rings. The average molecular weight is 350 g/mol. The predicted molar refractivity (Wildman–Crippen MR) is 95.4 cm³/mol. The molecule has 4 rings (SSSR count). The lowest BCUT2D eigenvalue weighted by Crippen LogP contribution is -2.06. The minimum absolute atomic E-state index is 0.0463. The Bertz CT molecular complexity index is 1040. The molecule has 0 N–H and O–H groups in total. The molecule has 0 unspecified atom stereocenters. The maximum absolute atomic E-state index is 12.7. The van der Waals surface area contributed by atoms with Gasteiger partial charge in [-0.1, -0.05) is 24.3 Å². The molecule has 0 bridgehead atoms. The highest BCUT2D eigenvalue weighted by Gasteiger charge is 2.16. The van der Waals surface area contributed by atoms with E-state index in [1.165, 1.54) is 0 Å². The van der Waals surface area contributed by atoms with Gasteiger partial charge in [0, 0.05) is 12.3 Å². The Morgan fingerprint density at radius 2 is 2.12 bits per heavy atom. The summed E-state index contributed by atoms with van der Waals surface area (Å²) in [5, 5.41) is 2.75. The first-order valence-corrected chi connectivity index (χ1v) is 8.61. The number of hydrogen-bond donors (Lipinski definition) is 0. The summed E-state index contributed by atoms with van der Waals surface area (Å²) in [7, 11) is 0. The van der Waals surface area contributed by atoms with E-state index in [0.29, 0.717) is 17.2 Å². The van der Waals surface area contributed by atoms with Gasteiger partial charge in [0.1, 0.15) is 0 Å². The van der Waals surface area contributed by atoms with Crippen LogP contribution in [0.1, 0.15) is 22.0 Å². The molecule has 3 aromatic heterocycles. The van der Waals surface area contributed by atoms with Crippen LogP contribution in [0.3, 0.4) is 0 Å². The van der Waals surface area contributed by atoms with Gasteiger partial charge in [0.25, 0.3) is 0 Å². The molecule has 0 saturated carbocycles. The molecule has 124 valence electrons. The van der Waals surface area contributed by atoms with E-state index in [0.717, 1.165) is 21.5 Å². The number of benzene rings is 1. The lowest BCUT2D eigenvalue weighted by atomic mass is 10.1. The van der Waals surface area contributed by atoms with E-state index in [-0.39, 0.29) is 6.61 Å². The van der Waals surface area contributed by atoms with Crippen molar-refractivity contribution in [1.29, 1.82) is 0 Å². The lowest BCUT2D eigenvalue weighted by Gasteiger charge is -2.08. The zero-order valence-corrected chi connectivity index (χ0v) is 14.2. The minimum atomic E-state index is -0.412. The van der Waals surface area contributed by atoms with Gasteiger partial charge in [0.2, 0.25) is 0 Å². The highest BCUT2D eigenvalue weighted by Crippen LogP contribution is 2.28. The van der Waals surface area contributed by atoms with Crippen LogP contribution in [0.5, 0.6) is 0 Å². The van der Waals surface area contributed by atoms with Crippen molar-refractivity contribution in [3.05, 3.63) is 71.3 Å². The topological polar surface area (TPSA) is 65.2 Å². The van der Waals surface area contributed by atoms with Crippen LogP contribution < -0.4 is 0 Å². The molecule has 0 aliphatic heterocycles. The van der Waals surface area contributed by atoms with E-state index in [1.807, 2.05) is 41.8 Å². The first-order chi connectivity index (χ1) is 12.2. The number of ether oxygens (including phenoxy) is 1. The van der Waals surface area contributed by atoms with Crippen LogP contribution >= 0.6 is 11.3 Å². The highest BCUT2D eigenvalue weighted by molar-refractivity contribution is 7.13. The number of carbonyl (C=O) groups is 1. The van der Waals surface area contributed by atoms with Crippen LogP contribution in [-0.4, -0.2) is 15.9 Å². The van der Waals surface area contributed by atoms with Gasteiger partial charge in [-0.05, 0) is 23.6 Å². The van der Waals surface area contributed by atoms with E-state index in [1.54, 1.807) is 30.5 Å². The van der Waals surface area contributed by atoms with Gasteiger partial charge in [-0.3, -0.25) is 0 Å². The molecule has 0 radical (unpaired) electrons. The van der Waals surface area contributed by atoms with Crippen LogP contribution in [-0.2, 0) is 11.3 Å². The number of carbonyl (C=O) groups excluding carboxylic acids is 1. The third-order valence-corrected chi connectivity index (χ3v) is 4.62. The zero-order chi connectivity index (χ0) is 17.2. The number of pyridine rings is 1. The first-order valence-electron chi connectivity index (χ1n) is 7.73. The summed E-state index contributed by atoms with van der Waals surface area (Å²) in [5.74, 6) is 0.647. The maximum Gasteiger partial charge on any atom is 0.339 e. The Hall–Kier alpha value is -2.99. The van der Waals surface area contributed by atoms with Crippen molar-refractivity contribution in [2.45, 2.75) is 13.5 Å². The van der Waals surface area contributed by atoms with Crippen LogP contribution in [0.4, 0.5) is 0 Å². The fraction of sp³-hybridized carbons (Fsp3) is 0.105. The van der Waals surface area contributed by atoms with Crippen molar-refractivity contribution >= 4 is 28.2 Å². The molecule has 0 amide bonds. The Morgan fingerprint density at radius 1 is 1.24 bits per heavy atom. The Kier molecular flexibility index (Phi) is 4.03. The summed E-state index contributed by atoms with van der Waals surface area (Å²) >= 11 is 1.58. The molecule has 3 heterocycles. The number of oxazole rings is 1. The predicted octanol–water partition coefficient (Wildman–Crippen LogP) is 4.62. The third kappa shape index (κ3) is 3.16. The normalized spacial score (nSPS) is 10.9. The van der Waals surface area contributed by atoms with Crippen molar-refractivity contribution in [3.8, 4) is 10.6 Å². The summed E-state index contributed by atoms with van der Waals surface area (Å²) in [5.41, 5.74) is 2.01. The molecule has 5 nitrogen and oxygen atoms in total. The molecular weight excluding hydrogens is 336 g/mol. The number of para-hydroxylation sites is 1. The summed E-state index contributed by atoms with van der Waals surface area (Å²) in [6.07, 6.45) is 1.56. The molecule has 6 heteroatoms. The van der Waals surface area contributed by atoms with E-state index < -0.39 is 5.97 Å². The number of nitrogens with zero attached hydrogens (tertiary/aromatic N) is 2. The second kappa shape index (κ2) is 6.49. The fourth-order valence-electron chi connectivity index (χ4n) is 2.58. The lowest BCUT2D eigenvalue weighted by molar-refractivity contribution is 0.0446. The third-order valence-electron chi connectivity index (χ3n) is 3.72. The molecule has 0 aliphatic rings. The Labute approximate surface area is 147 Å². The van der Waals surface area contributed by atoms with Gasteiger partial charge in [-0.15, -0.1) is 11.3 Å². The summed E-state index contributed by atoms with van der Waals surface area (Å²) in [6, 6.07) is 13.3. The number of aromatic nitrogens is 2. The van der Waals surface area contributed by atoms with E-state index >= 15 is 0 Å². The molecule has 4 aromatic rings. The number of fused-ring (bicyclic) bond motifs is 1. The van der Waals surface area contributed by atoms with Crippen molar-refractivity contribution in [2.24, 2.45) is 0 Å². The van der Waals surface area contributed by atoms with Crippen molar-refractivity contribution in [2.75, 3.05) is 0 Å². The monoisotopic (exact) mass is 350 g/mol. The highest BCUT2D eigenvalue weighted by atomic mass is 32.1. The SMILES string of the molecule is Cc1ncc(COC(=O)c2cc(-c3cccs3)nc3ccccc23)o1. The number of thiophene rings is 1. The van der Waals surface area contributed by atoms with E-state index in [2.05, 4.69) is 9.97 Å².